The quantitative estimate of drug-likeness (QED) is 0.847. The maximum absolute atomic E-state index is 13.1. The molecule has 96 valence electrons. The van der Waals surface area contributed by atoms with E-state index < -0.39 is 0 Å². The van der Waals surface area contributed by atoms with Crippen LogP contribution in [0.2, 0.25) is 0 Å². The predicted molar refractivity (Wildman–Crippen MR) is 71.8 cm³/mol. The molecule has 1 saturated heterocycles. The van der Waals surface area contributed by atoms with E-state index in [1.54, 1.807) is 6.07 Å². The van der Waals surface area contributed by atoms with E-state index in [0.717, 1.165) is 36.4 Å². The van der Waals surface area contributed by atoms with Gasteiger partial charge in [0.05, 0.1) is 11.0 Å². The Morgan fingerprint density at radius 3 is 3.17 bits per heavy atom. The second-order valence-electron chi connectivity index (χ2n) is 4.72. The van der Waals surface area contributed by atoms with Crippen LogP contribution in [0, 0.1) is 5.82 Å². The summed E-state index contributed by atoms with van der Waals surface area (Å²) in [6, 6.07) is 4.93. The molecule has 3 nitrogen and oxygen atoms in total. The fourth-order valence-corrected chi connectivity index (χ4v) is 2.87. The Hall–Kier alpha value is -1.29. The molecule has 5 heteroatoms. The van der Waals surface area contributed by atoms with Crippen molar-refractivity contribution in [1.29, 1.82) is 0 Å². The first-order valence-electron chi connectivity index (χ1n) is 6.26. The number of nitrogens with zero attached hydrogens (tertiary/aromatic N) is 2. The van der Waals surface area contributed by atoms with E-state index in [-0.39, 0.29) is 5.82 Å². The van der Waals surface area contributed by atoms with E-state index in [1.807, 2.05) is 0 Å². The number of hydrogen-bond donors (Lipinski definition) is 1. The molecule has 0 bridgehead atoms. The number of rotatable bonds is 2. The highest BCUT2D eigenvalue weighted by molar-refractivity contribution is 6.18. The number of fused-ring (bicyclic) bond motifs is 1. The third-order valence-corrected chi connectivity index (χ3v) is 3.86. The fourth-order valence-electron chi connectivity index (χ4n) is 2.54. The molecule has 1 aromatic carbocycles. The summed E-state index contributed by atoms with van der Waals surface area (Å²) < 4.78 is 13.1. The van der Waals surface area contributed by atoms with Crippen LogP contribution in [-0.4, -0.2) is 28.4 Å². The van der Waals surface area contributed by atoms with E-state index in [4.69, 9.17) is 11.6 Å². The molecule has 1 aromatic heterocycles. The number of imidazole rings is 1. The molecule has 0 spiro atoms. The lowest BCUT2D eigenvalue weighted by atomic mass is 10.0. The molecule has 3 rings (SSSR count). The minimum atomic E-state index is -0.245. The number of aromatic nitrogens is 2. The van der Waals surface area contributed by atoms with Gasteiger partial charge in [0.2, 0.25) is 5.95 Å². The third-order valence-electron chi connectivity index (χ3n) is 3.51. The first-order valence-corrected chi connectivity index (χ1v) is 6.79. The zero-order chi connectivity index (χ0) is 12.5. The highest BCUT2D eigenvalue weighted by Gasteiger charge is 2.24. The largest absolute Gasteiger partial charge is 0.338 e. The van der Waals surface area contributed by atoms with E-state index >= 15 is 0 Å². The summed E-state index contributed by atoms with van der Waals surface area (Å²) in [6.45, 7) is 0.958. The molecule has 1 unspecified atom stereocenters. The van der Waals surface area contributed by atoms with Gasteiger partial charge < -0.3 is 9.88 Å². The van der Waals surface area contributed by atoms with Crippen LogP contribution in [-0.2, 0) is 0 Å². The van der Waals surface area contributed by atoms with Gasteiger partial charge in [-0.1, -0.05) is 0 Å². The second kappa shape index (κ2) is 4.76. The molecule has 18 heavy (non-hydrogen) atoms. The molecule has 2 aromatic rings. The van der Waals surface area contributed by atoms with Crippen molar-refractivity contribution in [3.05, 3.63) is 24.0 Å². The first-order chi connectivity index (χ1) is 8.78. The van der Waals surface area contributed by atoms with Crippen molar-refractivity contribution in [2.24, 2.45) is 0 Å². The normalized spacial score (nSPS) is 20.6. The molecule has 0 radical (unpaired) electrons. The third kappa shape index (κ3) is 2.05. The Morgan fingerprint density at radius 2 is 2.33 bits per heavy atom. The molecule has 1 aliphatic rings. The summed E-state index contributed by atoms with van der Waals surface area (Å²) in [5, 5.41) is 0. The topological polar surface area (TPSA) is 31.9 Å². The fraction of sp³-hybridized carbons (Fsp3) is 0.462. The Morgan fingerprint density at radius 1 is 1.44 bits per heavy atom. The van der Waals surface area contributed by atoms with Gasteiger partial charge in [0.1, 0.15) is 5.82 Å². The number of nitrogens with one attached hydrogen (secondary N) is 1. The molecule has 0 saturated carbocycles. The minimum Gasteiger partial charge on any atom is -0.338 e. The Labute approximate surface area is 110 Å². The van der Waals surface area contributed by atoms with Gasteiger partial charge in [0, 0.05) is 18.5 Å². The summed E-state index contributed by atoms with van der Waals surface area (Å²) in [6.07, 6.45) is 3.45. The van der Waals surface area contributed by atoms with E-state index in [0.29, 0.717) is 11.9 Å². The van der Waals surface area contributed by atoms with Crippen molar-refractivity contribution >= 4 is 28.6 Å². The Balaban J connectivity index is 1.97. The van der Waals surface area contributed by atoms with Crippen LogP contribution in [0.25, 0.3) is 11.0 Å². The van der Waals surface area contributed by atoms with Crippen LogP contribution in [0.3, 0.4) is 0 Å². The lowest BCUT2D eigenvalue weighted by Crippen LogP contribution is -2.41. The first kappa shape index (κ1) is 11.8. The van der Waals surface area contributed by atoms with Gasteiger partial charge in [0.25, 0.3) is 0 Å². The van der Waals surface area contributed by atoms with Crippen LogP contribution in [0.1, 0.15) is 19.3 Å². The lowest BCUT2D eigenvalue weighted by molar-refractivity contribution is 0.482. The van der Waals surface area contributed by atoms with E-state index in [1.165, 1.54) is 18.6 Å². The predicted octanol–water partition coefficient (Wildman–Crippen LogP) is 3.30. The second-order valence-corrected chi connectivity index (χ2v) is 5.03. The lowest BCUT2D eigenvalue weighted by Gasteiger charge is -2.34. The average molecular weight is 268 g/mol. The number of anilines is 1. The highest BCUT2D eigenvalue weighted by atomic mass is 35.5. The molecular formula is C13H15ClFN3. The molecule has 2 heterocycles. The number of benzene rings is 1. The SMILES string of the molecule is Fc1ccc2nc(N3CCCCC3CCl)[nH]c2c1. The van der Waals surface area contributed by atoms with Gasteiger partial charge in [-0.3, -0.25) is 0 Å². The van der Waals surface area contributed by atoms with Gasteiger partial charge >= 0.3 is 0 Å². The molecule has 1 N–H and O–H groups in total. The van der Waals surface area contributed by atoms with Crippen molar-refractivity contribution in [1.82, 2.24) is 9.97 Å². The van der Waals surface area contributed by atoms with Crippen molar-refractivity contribution < 1.29 is 4.39 Å². The summed E-state index contributed by atoms with van der Waals surface area (Å²) in [5.74, 6) is 1.16. The zero-order valence-electron chi connectivity index (χ0n) is 10.00. The summed E-state index contributed by atoms with van der Waals surface area (Å²) >= 11 is 6.01. The number of halogens is 2. The monoisotopic (exact) mass is 267 g/mol. The zero-order valence-corrected chi connectivity index (χ0v) is 10.8. The van der Waals surface area contributed by atoms with E-state index in [9.17, 15) is 4.39 Å². The smallest absolute Gasteiger partial charge is 0.204 e. The standard InChI is InChI=1S/C13H15ClFN3/c14-8-10-3-1-2-6-18(10)13-16-11-5-4-9(15)7-12(11)17-13/h4-5,7,10H,1-3,6,8H2,(H,16,17). The molecular weight excluding hydrogens is 253 g/mol. The maximum Gasteiger partial charge on any atom is 0.204 e. The number of hydrogen-bond acceptors (Lipinski definition) is 2. The van der Waals surface area contributed by atoms with Crippen molar-refractivity contribution in [2.75, 3.05) is 17.3 Å². The van der Waals surface area contributed by atoms with Gasteiger partial charge in [0.15, 0.2) is 0 Å². The van der Waals surface area contributed by atoms with Crippen LogP contribution < -0.4 is 4.90 Å². The molecule has 1 fully saturated rings. The number of H-pyrrole nitrogens is 1. The van der Waals surface area contributed by atoms with Crippen molar-refractivity contribution in [3.63, 3.8) is 0 Å². The van der Waals surface area contributed by atoms with Gasteiger partial charge in [-0.25, -0.2) is 9.37 Å². The highest BCUT2D eigenvalue weighted by Crippen LogP contribution is 2.25. The van der Waals surface area contributed by atoms with Gasteiger partial charge in [-0.05, 0) is 37.5 Å². The molecule has 0 aliphatic carbocycles. The van der Waals surface area contributed by atoms with Crippen LogP contribution >= 0.6 is 11.6 Å². The van der Waals surface area contributed by atoms with Gasteiger partial charge in [-0.2, -0.15) is 0 Å². The van der Waals surface area contributed by atoms with Crippen LogP contribution in [0.15, 0.2) is 18.2 Å². The van der Waals surface area contributed by atoms with Gasteiger partial charge in [-0.15, -0.1) is 11.6 Å². The summed E-state index contributed by atoms with van der Waals surface area (Å²) in [7, 11) is 0. The number of aromatic amines is 1. The van der Waals surface area contributed by atoms with Crippen molar-refractivity contribution in [2.45, 2.75) is 25.3 Å². The summed E-state index contributed by atoms with van der Waals surface area (Å²) in [5.41, 5.74) is 1.54. The van der Waals surface area contributed by atoms with Crippen molar-refractivity contribution in [3.8, 4) is 0 Å². The number of piperidine rings is 1. The Bertz CT molecular complexity index is 554. The molecule has 0 amide bonds. The average Bonchev–Trinajstić information content (AvgIpc) is 2.81. The number of alkyl halides is 1. The minimum absolute atomic E-state index is 0.245. The molecule has 1 atom stereocenters. The molecule has 1 aliphatic heterocycles. The van der Waals surface area contributed by atoms with Crippen LogP contribution in [0.4, 0.5) is 10.3 Å². The van der Waals surface area contributed by atoms with E-state index in [2.05, 4.69) is 14.9 Å². The maximum atomic E-state index is 13.1. The van der Waals surface area contributed by atoms with Crippen LogP contribution in [0.5, 0.6) is 0 Å². The Kier molecular flexibility index (Phi) is 3.12. The summed E-state index contributed by atoms with van der Waals surface area (Å²) in [4.78, 5) is 9.91.